The smallest absolute Gasteiger partial charge is 0.274 e. The molecule has 0 bridgehead atoms. The quantitative estimate of drug-likeness (QED) is 0.922. The molecule has 84 valence electrons. The van der Waals surface area contributed by atoms with Gasteiger partial charge in [-0.05, 0) is 28.9 Å². The van der Waals surface area contributed by atoms with Crippen LogP contribution in [0, 0.1) is 6.92 Å². The van der Waals surface area contributed by atoms with Gasteiger partial charge in [-0.3, -0.25) is 4.79 Å². The molecular weight excluding hydrogens is 292 g/mol. The molecule has 0 aromatic carbocycles. The molecule has 0 aliphatic heterocycles. The lowest BCUT2D eigenvalue weighted by Crippen LogP contribution is -2.19. The number of pyridine rings is 1. The minimum Gasteiger partial charge on any atom is -0.326 e. The van der Waals surface area contributed by atoms with Crippen LogP contribution in [0.2, 0.25) is 0 Å². The van der Waals surface area contributed by atoms with Crippen molar-refractivity contribution < 1.29 is 0 Å². The molecular formula is C9H9BrN4OS. The molecule has 7 heteroatoms. The first-order valence-corrected chi connectivity index (χ1v) is 6.10. The Morgan fingerprint density at radius 3 is 2.88 bits per heavy atom. The van der Waals surface area contributed by atoms with E-state index in [1.165, 1.54) is 15.9 Å². The molecule has 5 nitrogen and oxygen atoms in total. The van der Waals surface area contributed by atoms with Crippen LogP contribution >= 0.6 is 27.3 Å². The van der Waals surface area contributed by atoms with E-state index in [1.54, 1.807) is 19.3 Å². The van der Waals surface area contributed by atoms with E-state index < -0.39 is 0 Å². The number of hydrogen-bond donors (Lipinski definition) is 1. The predicted octanol–water partition coefficient (Wildman–Crippen LogP) is 2.05. The first-order valence-electron chi connectivity index (χ1n) is 4.49. The molecule has 0 radical (unpaired) electrons. The summed E-state index contributed by atoms with van der Waals surface area (Å²) in [5.74, 6) is 0. The van der Waals surface area contributed by atoms with E-state index >= 15 is 0 Å². The second-order valence-electron chi connectivity index (χ2n) is 3.24. The highest BCUT2D eigenvalue weighted by Crippen LogP contribution is 2.19. The van der Waals surface area contributed by atoms with Gasteiger partial charge in [0.15, 0.2) is 0 Å². The molecule has 0 unspecified atom stereocenters. The van der Waals surface area contributed by atoms with Crippen LogP contribution in [0.4, 0.5) is 10.8 Å². The van der Waals surface area contributed by atoms with Gasteiger partial charge in [-0.25, -0.2) is 0 Å². The molecule has 0 aliphatic carbocycles. The monoisotopic (exact) mass is 300 g/mol. The maximum atomic E-state index is 11.8. The molecule has 0 saturated heterocycles. The van der Waals surface area contributed by atoms with Crippen LogP contribution in [0.15, 0.2) is 21.5 Å². The summed E-state index contributed by atoms with van der Waals surface area (Å²) >= 11 is 4.74. The highest BCUT2D eigenvalue weighted by molar-refractivity contribution is 9.10. The Hall–Kier alpha value is -1.21. The number of aromatic nitrogens is 3. The van der Waals surface area contributed by atoms with Crippen molar-refractivity contribution >= 4 is 38.1 Å². The largest absolute Gasteiger partial charge is 0.326 e. The molecule has 2 aromatic heterocycles. The van der Waals surface area contributed by atoms with Crippen molar-refractivity contribution in [3.8, 4) is 0 Å². The first-order chi connectivity index (χ1) is 7.56. The Morgan fingerprint density at radius 1 is 1.50 bits per heavy atom. The molecule has 0 fully saturated rings. The van der Waals surface area contributed by atoms with Gasteiger partial charge in [-0.15, -0.1) is 10.2 Å². The molecule has 2 rings (SSSR count). The Balaban J connectivity index is 2.38. The zero-order valence-corrected chi connectivity index (χ0v) is 11.1. The zero-order chi connectivity index (χ0) is 11.7. The third-order valence-electron chi connectivity index (χ3n) is 1.92. The van der Waals surface area contributed by atoms with Crippen molar-refractivity contribution in [2.45, 2.75) is 6.92 Å². The average Bonchev–Trinajstić information content (AvgIpc) is 2.60. The molecule has 0 spiro atoms. The number of hydrogen-bond acceptors (Lipinski definition) is 5. The van der Waals surface area contributed by atoms with E-state index in [4.69, 9.17) is 0 Å². The SMILES string of the molecule is Cc1nnc(Nc2cc(Br)cn(C)c2=O)s1. The van der Waals surface area contributed by atoms with Gasteiger partial charge in [0.2, 0.25) is 5.13 Å². The van der Waals surface area contributed by atoms with Crippen molar-refractivity contribution in [2.75, 3.05) is 5.32 Å². The highest BCUT2D eigenvalue weighted by Gasteiger charge is 2.06. The fraction of sp³-hybridized carbons (Fsp3) is 0.222. The topological polar surface area (TPSA) is 59.8 Å². The fourth-order valence-corrected chi connectivity index (χ4v) is 2.36. The van der Waals surface area contributed by atoms with Crippen LogP contribution in [0.5, 0.6) is 0 Å². The number of anilines is 2. The second kappa shape index (κ2) is 4.34. The van der Waals surface area contributed by atoms with E-state index in [0.717, 1.165) is 9.48 Å². The van der Waals surface area contributed by atoms with E-state index in [1.807, 2.05) is 6.92 Å². The van der Waals surface area contributed by atoms with Gasteiger partial charge in [0.1, 0.15) is 10.7 Å². The zero-order valence-electron chi connectivity index (χ0n) is 8.69. The normalized spacial score (nSPS) is 10.4. The van der Waals surface area contributed by atoms with Gasteiger partial charge in [0, 0.05) is 17.7 Å². The Kier molecular flexibility index (Phi) is 3.06. The van der Waals surface area contributed by atoms with Crippen molar-refractivity contribution in [1.82, 2.24) is 14.8 Å². The molecule has 2 heterocycles. The van der Waals surface area contributed by atoms with E-state index in [0.29, 0.717) is 10.8 Å². The fourth-order valence-electron chi connectivity index (χ4n) is 1.22. The Labute approximate surface area is 104 Å². The number of rotatable bonds is 2. The van der Waals surface area contributed by atoms with Gasteiger partial charge < -0.3 is 9.88 Å². The lowest BCUT2D eigenvalue weighted by atomic mass is 10.4. The van der Waals surface area contributed by atoms with Crippen LogP contribution in [0.3, 0.4) is 0 Å². The average molecular weight is 301 g/mol. The number of nitrogens with zero attached hydrogens (tertiary/aromatic N) is 3. The summed E-state index contributed by atoms with van der Waals surface area (Å²) in [6.07, 6.45) is 1.71. The van der Waals surface area contributed by atoms with Crippen molar-refractivity contribution in [3.05, 3.63) is 32.1 Å². The number of halogens is 1. The van der Waals surface area contributed by atoms with E-state index in [2.05, 4.69) is 31.4 Å². The highest BCUT2D eigenvalue weighted by atomic mass is 79.9. The minimum atomic E-state index is -0.101. The maximum Gasteiger partial charge on any atom is 0.274 e. The van der Waals surface area contributed by atoms with Gasteiger partial charge >= 0.3 is 0 Å². The van der Waals surface area contributed by atoms with E-state index in [9.17, 15) is 4.79 Å². The second-order valence-corrected chi connectivity index (χ2v) is 5.34. The Morgan fingerprint density at radius 2 is 2.25 bits per heavy atom. The van der Waals surface area contributed by atoms with Crippen molar-refractivity contribution in [1.29, 1.82) is 0 Å². The van der Waals surface area contributed by atoms with Gasteiger partial charge in [0.05, 0.1) is 0 Å². The molecule has 0 aliphatic rings. The summed E-state index contributed by atoms with van der Waals surface area (Å²) in [4.78, 5) is 11.8. The third-order valence-corrected chi connectivity index (χ3v) is 3.11. The summed E-state index contributed by atoms with van der Waals surface area (Å²) < 4.78 is 2.33. The molecule has 16 heavy (non-hydrogen) atoms. The molecule has 1 N–H and O–H groups in total. The molecule has 2 aromatic rings. The van der Waals surface area contributed by atoms with Gasteiger partial charge in [0.25, 0.3) is 5.56 Å². The summed E-state index contributed by atoms with van der Waals surface area (Å²) in [6, 6.07) is 1.72. The van der Waals surface area contributed by atoms with Crippen molar-refractivity contribution in [3.63, 3.8) is 0 Å². The lowest BCUT2D eigenvalue weighted by molar-refractivity contribution is 0.858. The van der Waals surface area contributed by atoms with Gasteiger partial charge in [-0.2, -0.15) is 0 Å². The van der Waals surface area contributed by atoms with Crippen molar-refractivity contribution in [2.24, 2.45) is 7.05 Å². The van der Waals surface area contributed by atoms with Crippen LogP contribution in [-0.2, 0) is 7.05 Å². The van der Waals surface area contributed by atoms with E-state index in [-0.39, 0.29) is 5.56 Å². The summed E-state index contributed by atoms with van der Waals surface area (Å²) in [5, 5.41) is 12.2. The summed E-state index contributed by atoms with van der Waals surface area (Å²) in [5.41, 5.74) is 0.379. The maximum absolute atomic E-state index is 11.8. The standard InChI is InChI=1S/C9H9BrN4OS/c1-5-12-13-9(16-5)11-7-3-6(10)4-14(2)8(7)15/h3-4H,1-2H3,(H,11,13). The van der Waals surface area contributed by atoms with Crippen LogP contribution in [-0.4, -0.2) is 14.8 Å². The van der Waals surface area contributed by atoms with Crippen LogP contribution < -0.4 is 10.9 Å². The number of nitrogens with one attached hydrogen (secondary N) is 1. The minimum absolute atomic E-state index is 0.101. The predicted molar refractivity (Wildman–Crippen MR) is 67.3 cm³/mol. The molecule has 0 saturated carbocycles. The van der Waals surface area contributed by atoms with Crippen LogP contribution in [0.1, 0.15) is 5.01 Å². The Bertz CT molecular complexity index is 577. The third kappa shape index (κ3) is 2.30. The summed E-state index contributed by atoms with van der Waals surface area (Å²) in [6.45, 7) is 1.86. The van der Waals surface area contributed by atoms with Crippen LogP contribution in [0.25, 0.3) is 0 Å². The number of aryl methyl sites for hydroxylation is 2. The lowest BCUT2D eigenvalue weighted by Gasteiger charge is -2.04. The summed E-state index contributed by atoms with van der Waals surface area (Å²) in [7, 11) is 1.70. The first kappa shape index (κ1) is 11.3. The van der Waals surface area contributed by atoms with Gasteiger partial charge in [-0.1, -0.05) is 11.3 Å². The molecule has 0 amide bonds. The molecule has 0 atom stereocenters.